The fourth-order valence-electron chi connectivity index (χ4n) is 2.86. The van der Waals surface area contributed by atoms with Crippen molar-refractivity contribution in [3.05, 3.63) is 70.9 Å². The highest BCUT2D eigenvalue weighted by molar-refractivity contribution is 7.92. The molecule has 3 aromatic rings. The number of nitrogens with one attached hydrogen (secondary N) is 1. The molecule has 1 aromatic heterocycles. The fourth-order valence-corrected chi connectivity index (χ4v) is 4.99. The molecule has 10 heteroatoms. The normalized spacial score (nSPS) is 11.7. The van der Waals surface area contributed by atoms with Gasteiger partial charge in [-0.25, -0.2) is 13.8 Å². The van der Waals surface area contributed by atoms with Gasteiger partial charge in [0.1, 0.15) is 18.0 Å². The highest BCUT2D eigenvalue weighted by Crippen LogP contribution is 2.35. The lowest BCUT2D eigenvalue weighted by atomic mass is 10.2. The van der Waals surface area contributed by atoms with E-state index in [2.05, 4.69) is 10.5 Å². The van der Waals surface area contributed by atoms with Gasteiger partial charge in [0.25, 0.3) is 15.9 Å². The number of amides is 1. The van der Waals surface area contributed by atoms with Gasteiger partial charge in [-0.3, -0.25) is 9.10 Å². The van der Waals surface area contributed by atoms with E-state index in [0.29, 0.717) is 11.5 Å². The molecule has 0 bridgehead atoms. The number of sulfonamides is 1. The van der Waals surface area contributed by atoms with Crippen molar-refractivity contribution in [2.45, 2.75) is 11.8 Å². The molecular weight excluding hydrogens is 450 g/mol. The molecular formula is C22H23N3O5S2. The van der Waals surface area contributed by atoms with Gasteiger partial charge in [0.2, 0.25) is 0 Å². The topological polar surface area (TPSA) is 97.3 Å². The van der Waals surface area contributed by atoms with Crippen LogP contribution in [-0.2, 0) is 14.8 Å². The smallest absolute Gasteiger partial charge is 0.264 e. The number of hydrazone groups is 1. The van der Waals surface area contributed by atoms with E-state index in [9.17, 15) is 13.2 Å². The van der Waals surface area contributed by atoms with E-state index in [0.717, 1.165) is 9.18 Å². The molecule has 2 aromatic carbocycles. The van der Waals surface area contributed by atoms with E-state index in [1.165, 1.54) is 43.8 Å². The first-order valence-electron chi connectivity index (χ1n) is 9.53. The number of nitrogens with zero attached hydrogens (tertiary/aromatic N) is 2. The number of hydrogen-bond acceptors (Lipinski definition) is 7. The first-order chi connectivity index (χ1) is 15.4. The maximum absolute atomic E-state index is 13.4. The van der Waals surface area contributed by atoms with Crippen LogP contribution in [0.25, 0.3) is 0 Å². The summed E-state index contributed by atoms with van der Waals surface area (Å²) in [5.74, 6) is 0.136. The zero-order chi connectivity index (χ0) is 23.1. The van der Waals surface area contributed by atoms with Gasteiger partial charge in [-0.1, -0.05) is 24.3 Å². The lowest BCUT2D eigenvalue weighted by Gasteiger charge is -2.25. The Morgan fingerprint density at radius 2 is 1.81 bits per heavy atom. The molecule has 3 rings (SSSR count). The van der Waals surface area contributed by atoms with E-state index < -0.39 is 22.5 Å². The molecule has 0 aliphatic heterocycles. The number of ether oxygens (including phenoxy) is 2. The number of methoxy groups -OCH3 is 2. The molecule has 0 saturated carbocycles. The van der Waals surface area contributed by atoms with Gasteiger partial charge >= 0.3 is 0 Å². The lowest BCUT2D eigenvalue weighted by molar-refractivity contribution is -0.119. The summed E-state index contributed by atoms with van der Waals surface area (Å²) in [5.41, 5.74) is 3.26. The van der Waals surface area contributed by atoms with Crippen LogP contribution in [0.15, 0.2) is 76.0 Å². The van der Waals surface area contributed by atoms with E-state index >= 15 is 0 Å². The average Bonchev–Trinajstić information content (AvgIpc) is 3.36. The van der Waals surface area contributed by atoms with Crippen LogP contribution >= 0.6 is 11.3 Å². The standard InChI is InChI=1S/C22H23N3O5S2/c1-16(21-10-7-13-31-21)23-24-22(26)15-25(32(27,28)18-8-5-4-6-9-18)19-12-11-17(29-2)14-20(19)30-3/h4-14H,15H2,1-3H3,(H,24,26)/b23-16+. The molecule has 0 spiro atoms. The number of thiophene rings is 1. The third kappa shape index (κ3) is 5.27. The van der Waals surface area contributed by atoms with Crippen LogP contribution < -0.4 is 19.2 Å². The van der Waals surface area contributed by atoms with Crippen molar-refractivity contribution in [2.75, 3.05) is 25.1 Å². The Balaban J connectivity index is 1.96. The molecule has 1 N–H and O–H groups in total. The molecule has 1 heterocycles. The Labute approximate surface area is 191 Å². The van der Waals surface area contributed by atoms with Crippen molar-refractivity contribution in [3.8, 4) is 11.5 Å². The molecule has 0 atom stereocenters. The van der Waals surface area contributed by atoms with Gasteiger partial charge in [0.05, 0.1) is 30.5 Å². The van der Waals surface area contributed by atoms with Crippen molar-refractivity contribution in [3.63, 3.8) is 0 Å². The molecule has 0 unspecified atom stereocenters. The third-order valence-corrected chi connectivity index (χ3v) is 7.25. The SMILES string of the molecule is COc1ccc(N(CC(=O)N/N=C(\C)c2cccs2)S(=O)(=O)c2ccccc2)c(OC)c1. The molecule has 1 amide bonds. The zero-order valence-electron chi connectivity index (χ0n) is 17.8. The van der Waals surface area contributed by atoms with Crippen molar-refractivity contribution in [1.29, 1.82) is 0 Å². The summed E-state index contributed by atoms with van der Waals surface area (Å²) in [6.45, 7) is 1.26. The monoisotopic (exact) mass is 473 g/mol. The van der Waals surface area contributed by atoms with Crippen molar-refractivity contribution >= 4 is 38.7 Å². The number of benzene rings is 2. The Kier molecular flexibility index (Phi) is 7.49. The first kappa shape index (κ1) is 23.3. The van der Waals surface area contributed by atoms with E-state index in [4.69, 9.17) is 9.47 Å². The van der Waals surface area contributed by atoms with Crippen LogP contribution in [-0.4, -0.2) is 40.8 Å². The van der Waals surface area contributed by atoms with Crippen molar-refractivity contribution < 1.29 is 22.7 Å². The number of anilines is 1. The van der Waals surface area contributed by atoms with Crippen LogP contribution in [0.5, 0.6) is 11.5 Å². The van der Waals surface area contributed by atoms with E-state index in [1.54, 1.807) is 37.3 Å². The summed E-state index contributed by atoms with van der Waals surface area (Å²) in [4.78, 5) is 13.7. The maximum Gasteiger partial charge on any atom is 0.264 e. The second kappa shape index (κ2) is 10.3. The molecule has 0 radical (unpaired) electrons. The Morgan fingerprint density at radius 3 is 2.44 bits per heavy atom. The third-order valence-electron chi connectivity index (χ3n) is 4.50. The van der Waals surface area contributed by atoms with E-state index in [-0.39, 0.29) is 16.3 Å². The second-order valence-electron chi connectivity index (χ2n) is 6.57. The minimum atomic E-state index is -4.08. The summed E-state index contributed by atoms with van der Waals surface area (Å²) in [5, 5.41) is 6.00. The molecule has 8 nitrogen and oxygen atoms in total. The molecule has 0 saturated heterocycles. The van der Waals surface area contributed by atoms with Crippen LogP contribution in [0.3, 0.4) is 0 Å². The Bertz CT molecular complexity index is 1190. The number of hydrogen-bond donors (Lipinski definition) is 1. The van der Waals surface area contributed by atoms with E-state index in [1.807, 2.05) is 17.5 Å². The van der Waals surface area contributed by atoms with Gasteiger partial charge in [-0.2, -0.15) is 5.10 Å². The predicted molar refractivity (Wildman–Crippen MR) is 125 cm³/mol. The fraction of sp³-hybridized carbons (Fsp3) is 0.182. The van der Waals surface area contributed by atoms with Gasteiger partial charge in [0, 0.05) is 10.9 Å². The molecule has 168 valence electrons. The van der Waals surface area contributed by atoms with Crippen LogP contribution in [0.1, 0.15) is 11.8 Å². The summed E-state index contributed by atoms with van der Waals surface area (Å²) in [6, 6.07) is 16.3. The minimum Gasteiger partial charge on any atom is -0.497 e. The highest BCUT2D eigenvalue weighted by Gasteiger charge is 2.29. The van der Waals surface area contributed by atoms with Crippen molar-refractivity contribution in [1.82, 2.24) is 5.43 Å². The first-order valence-corrected chi connectivity index (χ1v) is 11.9. The average molecular weight is 474 g/mol. The molecule has 0 aliphatic rings. The number of rotatable bonds is 9. The Hall–Kier alpha value is -3.37. The number of carbonyl (C=O) groups is 1. The van der Waals surface area contributed by atoms with Crippen LogP contribution in [0.2, 0.25) is 0 Å². The largest absolute Gasteiger partial charge is 0.497 e. The quantitative estimate of drug-likeness (QED) is 0.379. The zero-order valence-corrected chi connectivity index (χ0v) is 19.4. The van der Waals surface area contributed by atoms with Gasteiger partial charge in [-0.15, -0.1) is 11.3 Å². The van der Waals surface area contributed by atoms with Crippen LogP contribution in [0.4, 0.5) is 5.69 Å². The Morgan fingerprint density at radius 1 is 1.06 bits per heavy atom. The molecule has 0 fully saturated rings. The van der Waals surface area contributed by atoms with Crippen molar-refractivity contribution in [2.24, 2.45) is 5.10 Å². The lowest BCUT2D eigenvalue weighted by Crippen LogP contribution is -2.40. The maximum atomic E-state index is 13.4. The van der Waals surface area contributed by atoms with Gasteiger partial charge < -0.3 is 9.47 Å². The molecule has 0 aliphatic carbocycles. The summed E-state index contributed by atoms with van der Waals surface area (Å²) in [7, 11) is -1.17. The highest BCUT2D eigenvalue weighted by atomic mass is 32.2. The summed E-state index contributed by atoms with van der Waals surface area (Å²) in [6.07, 6.45) is 0. The second-order valence-corrected chi connectivity index (χ2v) is 9.38. The van der Waals surface area contributed by atoms with Gasteiger partial charge in [-0.05, 0) is 42.6 Å². The number of carbonyl (C=O) groups excluding carboxylic acids is 1. The van der Waals surface area contributed by atoms with Gasteiger partial charge in [0.15, 0.2) is 0 Å². The minimum absolute atomic E-state index is 0.0453. The summed E-state index contributed by atoms with van der Waals surface area (Å²) >= 11 is 1.49. The predicted octanol–water partition coefficient (Wildman–Crippen LogP) is 3.50. The molecule has 32 heavy (non-hydrogen) atoms. The van der Waals surface area contributed by atoms with Crippen LogP contribution in [0, 0.1) is 0 Å². The summed E-state index contributed by atoms with van der Waals surface area (Å²) < 4.78 is 38.5.